The molecule has 0 aliphatic heterocycles. The molecule has 0 radical (unpaired) electrons. The van der Waals surface area contributed by atoms with E-state index in [1.54, 1.807) is 25.4 Å². The minimum Gasteiger partial charge on any atom is -0.497 e. The van der Waals surface area contributed by atoms with Gasteiger partial charge in [-0.2, -0.15) is 0 Å². The van der Waals surface area contributed by atoms with Crippen LogP contribution in [-0.2, 0) is 0 Å². The number of pyridine rings is 1. The van der Waals surface area contributed by atoms with Crippen molar-refractivity contribution in [3.63, 3.8) is 0 Å². The number of nitrogens with two attached hydrogens (primary N) is 1. The first-order chi connectivity index (χ1) is 10.7. The standard InChI is InChI=1S/C14H14N6O2/c1-21-8-4-5-16-9(6-8)22-14-10-11(15)17-12(7-2-3-7)18-13(10)19-20-14/h4-7H,2-3H2,1H3,(H3,15,17,18,19,20). The molecule has 8 heteroatoms. The van der Waals surface area contributed by atoms with Crippen LogP contribution in [-0.4, -0.2) is 32.3 Å². The van der Waals surface area contributed by atoms with E-state index in [2.05, 4.69) is 25.1 Å². The zero-order valence-electron chi connectivity index (χ0n) is 11.9. The number of aromatic nitrogens is 5. The third-order valence-corrected chi connectivity index (χ3v) is 3.52. The maximum atomic E-state index is 6.04. The van der Waals surface area contributed by atoms with Gasteiger partial charge in [-0.15, -0.1) is 5.10 Å². The predicted molar refractivity (Wildman–Crippen MR) is 78.9 cm³/mol. The van der Waals surface area contributed by atoms with Crippen molar-refractivity contribution in [2.45, 2.75) is 18.8 Å². The number of nitrogen functional groups attached to an aromatic ring is 1. The highest BCUT2D eigenvalue weighted by Crippen LogP contribution is 2.40. The van der Waals surface area contributed by atoms with Gasteiger partial charge in [0.1, 0.15) is 22.8 Å². The highest BCUT2D eigenvalue weighted by molar-refractivity contribution is 5.90. The van der Waals surface area contributed by atoms with Crippen LogP contribution in [0.1, 0.15) is 24.6 Å². The highest BCUT2D eigenvalue weighted by Gasteiger charge is 2.28. The molecule has 3 N–H and O–H groups in total. The summed E-state index contributed by atoms with van der Waals surface area (Å²) in [5.74, 6) is 2.84. The lowest BCUT2D eigenvalue weighted by atomic mass is 10.3. The molecule has 0 unspecified atom stereocenters. The first-order valence-corrected chi connectivity index (χ1v) is 6.94. The summed E-state index contributed by atoms with van der Waals surface area (Å²) in [6.45, 7) is 0. The smallest absolute Gasteiger partial charge is 0.253 e. The number of anilines is 1. The first-order valence-electron chi connectivity index (χ1n) is 6.94. The molecule has 0 saturated heterocycles. The molecule has 8 nitrogen and oxygen atoms in total. The Morgan fingerprint density at radius 1 is 1.32 bits per heavy atom. The second kappa shape index (κ2) is 4.83. The molecule has 22 heavy (non-hydrogen) atoms. The van der Waals surface area contributed by atoms with Crippen molar-refractivity contribution in [1.82, 2.24) is 25.1 Å². The molecule has 0 bridgehead atoms. The zero-order valence-corrected chi connectivity index (χ0v) is 11.9. The number of hydrogen-bond acceptors (Lipinski definition) is 7. The van der Waals surface area contributed by atoms with Gasteiger partial charge < -0.3 is 15.2 Å². The lowest BCUT2D eigenvalue weighted by Crippen LogP contribution is -1.99. The molecule has 3 aromatic rings. The summed E-state index contributed by atoms with van der Waals surface area (Å²) in [7, 11) is 1.58. The molecular formula is C14H14N6O2. The molecule has 0 atom stereocenters. The van der Waals surface area contributed by atoms with Crippen molar-refractivity contribution in [2.24, 2.45) is 0 Å². The molecule has 0 amide bonds. The summed E-state index contributed by atoms with van der Waals surface area (Å²) >= 11 is 0. The van der Waals surface area contributed by atoms with E-state index >= 15 is 0 Å². The van der Waals surface area contributed by atoms with Crippen LogP contribution in [0.4, 0.5) is 5.82 Å². The van der Waals surface area contributed by atoms with Crippen molar-refractivity contribution in [3.8, 4) is 17.5 Å². The van der Waals surface area contributed by atoms with Gasteiger partial charge in [0.2, 0.25) is 5.88 Å². The Kier molecular flexibility index (Phi) is 2.81. The Hall–Kier alpha value is -2.90. The number of ether oxygens (including phenoxy) is 2. The van der Waals surface area contributed by atoms with Crippen molar-refractivity contribution in [1.29, 1.82) is 0 Å². The van der Waals surface area contributed by atoms with Crippen LogP contribution in [0.25, 0.3) is 11.0 Å². The Labute approximate surface area is 125 Å². The second-order valence-electron chi connectivity index (χ2n) is 5.13. The van der Waals surface area contributed by atoms with E-state index in [1.165, 1.54) is 0 Å². The highest BCUT2D eigenvalue weighted by atomic mass is 16.5. The predicted octanol–water partition coefficient (Wildman–Crippen LogP) is 2.01. The van der Waals surface area contributed by atoms with Crippen molar-refractivity contribution >= 4 is 16.9 Å². The van der Waals surface area contributed by atoms with Gasteiger partial charge in [0.15, 0.2) is 5.65 Å². The van der Waals surface area contributed by atoms with Crippen molar-refractivity contribution in [3.05, 3.63) is 24.2 Å². The van der Waals surface area contributed by atoms with E-state index in [9.17, 15) is 0 Å². The number of H-pyrrole nitrogens is 1. The fourth-order valence-corrected chi connectivity index (χ4v) is 2.22. The van der Waals surface area contributed by atoms with Gasteiger partial charge in [-0.3, -0.25) is 5.10 Å². The van der Waals surface area contributed by atoms with E-state index < -0.39 is 0 Å². The topological polar surface area (TPSA) is 112 Å². The van der Waals surface area contributed by atoms with Gasteiger partial charge in [0.25, 0.3) is 5.88 Å². The van der Waals surface area contributed by atoms with Gasteiger partial charge in [-0.25, -0.2) is 15.0 Å². The first kappa shape index (κ1) is 12.8. The lowest BCUT2D eigenvalue weighted by molar-refractivity contribution is 0.403. The number of rotatable bonds is 4. The number of hydrogen-bond donors (Lipinski definition) is 2. The Bertz CT molecular complexity index is 842. The molecule has 0 aromatic carbocycles. The van der Waals surface area contributed by atoms with Crippen LogP contribution >= 0.6 is 0 Å². The number of fused-ring (bicyclic) bond motifs is 1. The number of methoxy groups -OCH3 is 1. The number of nitrogens with one attached hydrogen (secondary N) is 1. The number of aromatic amines is 1. The maximum absolute atomic E-state index is 6.04. The van der Waals surface area contributed by atoms with E-state index in [4.69, 9.17) is 15.2 Å². The van der Waals surface area contributed by atoms with Crippen LogP contribution in [0.2, 0.25) is 0 Å². The van der Waals surface area contributed by atoms with Crippen LogP contribution in [0.5, 0.6) is 17.5 Å². The van der Waals surface area contributed by atoms with Gasteiger partial charge in [0.05, 0.1) is 7.11 Å². The summed E-state index contributed by atoms with van der Waals surface area (Å²) in [4.78, 5) is 12.9. The van der Waals surface area contributed by atoms with E-state index in [0.717, 1.165) is 18.7 Å². The summed E-state index contributed by atoms with van der Waals surface area (Å²) in [6.07, 6.45) is 3.81. The van der Waals surface area contributed by atoms with Crippen molar-refractivity contribution in [2.75, 3.05) is 12.8 Å². The van der Waals surface area contributed by atoms with Gasteiger partial charge in [-0.1, -0.05) is 0 Å². The van der Waals surface area contributed by atoms with Crippen LogP contribution < -0.4 is 15.2 Å². The zero-order chi connectivity index (χ0) is 15.1. The van der Waals surface area contributed by atoms with Crippen molar-refractivity contribution < 1.29 is 9.47 Å². The second-order valence-corrected chi connectivity index (χ2v) is 5.13. The third kappa shape index (κ3) is 2.18. The minimum absolute atomic E-state index is 0.301. The van der Waals surface area contributed by atoms with Gasteiger partial charge in [0, 0.05) is 18.2 Å². The van der Waals surface area contributed by atoms with E-state index in [-0.39, 0.29) is 0 Å². The average Bonchev–Trinajstić information content (AvgIpc) is 3.30. The summed E-state index contributed by atoms with van der Waals surface area (Å²) in [5, 5.41) is 7.52. The molecule has 1 aliphatic rings. The van der Waals surface area contributed by atoms with Crippen LogP contribution in [0.15, 0.2) is 18.3 Å². The molecule has 1 fully saturated rings. The Morgan fingerprint density at radius 3 is 2.95 bits per heavy atom. The molecule has 0 spiro atoms. The SMILES string of the molecule is COc1ccnc(Oc2n[nH]c3nc(C4CC4)nc(N)c23)c1. The molecular weight excluding hydrogens is 284 g/mol. The van der Waals surface area contributed by atoms with E-state index in [0.29, 0.717) is 40.3 Å². The fraction of sp³-hybridized carbons (Fsp3) is 0.286. The fourth-order valence-electron chi connectivity index (χ4n) is 2.22. The summed E-state index contributed by atoms with van der Waals surface area (Å²) < 4.78 is 10.8. The minimum atomic E-state index is 0.301. The van der Waals surface area contributed by atoms with E-state index in [1.807, 2.05) is 0 Å². The largest absolute Gasteiger partial charge is 0.497 e. The Balaban J connectivity index is 1.72. The normalized spacial score (nSPS) is 14.2. The maximum Gasteiger partial charge on any atom is 0.253 e. The summed E-state index contributed by atoms with van der Waals surface area (Å²) in [5.41, 5.74) is 6.62. The monoisotopic (exact) mass is 298 g/mol. The lowest BCUT2D eigenvalue weighted by Gasteiger charge is -2.05. The summed E-state index contributed by atoms with van der Waals surface area (Å²) in [6, 6.07) is 3.39. The third-order valence-electron chi connectivity index (χ3n) is 3.52. The molecule has 4 rings (SSSR count). The quantitative estimate of drug-likeness (QED) is 0.757. The molecule has 112 valence electrons. The number of nitrogens with zero attached hydrogens (tertiary/aromatic N) is 4. The molecule has 3 aromatic heterocycles. The molecule has 1 aliphatic carbocycles. The van der Waals surface area contributed by atoms with Gasteiger partial charge in [-0.05, 0) is 18.9 Å². The van der Waals surface area contributed by atoms with Crippen LogP contribution in [0.3, 0.4) is 0 Å². The van der Waals surface area contributed by atoms with Crippen LogP contribution in [0, 0.1) is 0 Å². The van der Waals surface area contributed by atoms with Gasteiger partial charge >= 0.3 is 0 Å². The molecule has 3 heterocycles. The molecule has 1 saturated carbocycles. The Morgan fingerprint density at radius 2 is 2.18 bits per heavy atom. The average molecular weight is 298 g/mol.